The van der Waals surface area contributed by atoms with Crippen molar-refractivity contribution in [3.8, 4) is 0 Å². The fourth-order valence-electron chi connectivity index (χ4n) is 1.32. The van der Waals surface area contributed by atoms with Gasteiger partial charge in [0.25, 0.3) is 0 Å². The molecule has 0 aromatic heterocycles. The van der Waals surface area contributed by atoms with Crippen LogP contribution in [-0.2, 0) is 0 Å². The minimum atomic E-state index is -3.80. The van der Waals surface area contributed by atoms with Gasteiger partial charge in [0.2, 0.25) is 0 Å². The highest BCUT2D eigenvalue weighted by molar-refractivity contribution is 7.99. The molecule has 0 spiro atoms. The number of rotatable bonds is 5. The lowest BCUT2D eigenvalue weighted by Crippen LogP contribution is -2.59. The summed E-state index contributed by atoms with van der Waals surface area (Å²) >= 11 is 1.27. The maximum Gasteiger partial charge on any atom is 0.313 e. The molecular formula is C8H13F4NS. The van der Waals surface area contributed by atoms with E-state index in [2.05, 4.69) is 0 Å². The predicted molar refractivity (Wildman–Crippen MR) is 49.0 cm³/mol. The van der Waals surface area contributed by atoms with E-state index in [4.69, 9.17) is 5.73 Å². The van der Waals surface area contributed by atoms with E-state index in [-0.39, 0.29) is 5.75 Å². The fraction of sp³-hybridized carbons (Fsp3) is 1.00. The number of nitrogens with two attached hydrogens (primary N) is 1. The first kappa shape index (κ1) is 12.1. The Morgan fingerprint density at radius 3 is 2.36 bits per heavy atom. The van der Waals surface area contributed by atoms with Crippen LogP contribution in [0.25, 0.3) is 0 Å². The molecule has 2 N–H and O–H groups in total. The van der Waals surface area contributed by atoms with Crippen molar-refractivity contribution in [3.63, 3.8) is 0 Å². The van der Waals surface area contributed by atoms with Crippen LogP contribution in [0.1, 0.15) is 12.8 Å². The molecule has 1 rings (SSSR count). The van der Waals surface area contributed by atoms with Crippen molar-refractivity contribution < 1.29 is 17.6 Å². The lowest BCUT2D eigenvalue weighted by Gasteiger charge is -2.43. The van der Waals surface area contributed by atoms with Gasteiger partial charge >= 0.3 is 11.8 Å². The topological polar surface area (TPSA) is 26.0 Å². The maximum atomic E-state index is 12.7. The molecule has 1 atom stereocenters. The van der Waals surface area contributed by atoms with Gasteiger partial charge in [-0.2, -0.15) is 29.3 Å². The predicted octanol–water partition coefficient (Wildman–Crippen LogP) is 2.36. The second-order valence-electron chi connectivity index (χ2n) is 3.45. The Morgan fingerprint density at radius 2 is 1.93 bits per heavy atom. The molecular weight excluding hydrogens is 218 g/mol. The molecule has 1 nitrogen and oxygen atoms in total. The third-order valence-electron chi connectivity index (χ3n) is 2.31. The van der Waals surface area contributed by atoms with Crippen molar-refractivity contribution in [2.24, 2.45) is 11.7 Å². The lowest BCUT2D eigenvalue weighted by molar-refractivity contribution is -0.307. The van der Waals surface area contributed by atoms with Crippen molar-refractivity contribution in [3.05, 3.63) is 0 Å². The van der Waals surface area contributed by atoms with E-state index in [1.807, 2.05) is 0 Å². The van der Waals surface area contributed by atoms with Gasteiger partial charge in [0, 0.05) is 18.1 Å². The molecule has 0 aliphatic heterocycles. The van der Waals surface area contributed by atoms with Crippen molar-refractivity contribution in [1.29, 1.82) is 0 Å². The van der Waals surface area contributed by atoms with Gasteiger partial charge in [0.15, 0.2) is 0 Å². The molecule has 14 heavy (non-hydrogen) atoms. The molecule has 1 aliphatic rings. The Hall–Kier alpha value is 0.0300. The standard InChI is InChI=1S/C8H13F4NS/c9-7(10)4-6(8(7,11)12)5-14-3-1-2-13/h6H,1-5,13H2. The van der Waals surface area contributed by atoms with Crippen molar-refractivity contribution in [2.75, 3.05) is 18.1 Å². The molecule has 0 saturated heterocycles. The first-order valence-electron chi connectivity index (χ1n) is 4.45. The molecule has 84 valence electrons. The summed E-state index contributed by atoms with van der Waals surface area (Å²) in [5.74, 6) is -7.99. The van der Waals surface area contributed by atoms with Crippen LogP contribution in [-0.4, -0.2) is 29.9 Å². The molecule has 0 radical (unpaired) electrons. The summed E-state index contributed by atoms with van der Waals surface area (Å²) in [6, 6.07) is 0. The van der Waals surface area contributed by atoms with E-state index < -0.39 is 24.2 Å². The Kier molecular flexibility index (Phi) is 3.69. The highest BCUT2D eigenvalue weighted by Gasteiger charge is 2.71. The Morgan fingerprint density at radius 1 is 1.29 bits per heavy atom. The van der Waals surface area contributed by atoms with Gasteiger partial charge in [0.05, 0.1) is 0 Å². The van der Waals surface area contributed by atoms with E-state index in [0.717, 1.165) is 6.42 Å². The fourth-order valence-corrected chi connectivity index (χ4v) is 2.46. The van der Waals surface area contributed by atoms with Gasteiger partial charge in [-0.25, -0.2) is 0 Å². The minimum absolute atomic E-state index is 0.0998. The van der Waals surface area contributed by atoms with Crippen LogP contribution in [0.3, 0.4) is 0 Å². The zero-order valence-corrected chi connectivity index (χ0v) is 8.43. The van der Waals surface area contributed by atoms with Gasteiger partial charge < -0.3 is 5.73 Å². The third-order valence-corrected chi connectivity index (χ3v) is 3.53. The molecule has 1 fully saturated rings. The summed E-state index contributed by atoms with van der Waals surface area (Å²) in [5, 5.41) is 0. The SMILES string of the molecule is NCCCSCC1CC(F)(F)C1(F)F. The van der Waals surface area contributed by atoms with E-state index in [9.17, 15) is 17.6 Å². The molecule has 0 heterocycles. The first-order valence-corrected chi connectivity index (χ1v) is 5.60. The maximum absolute atomic E-state index is 12.7. The summed E-state index contributed by atoms with van der Waals surface area (Å²) in [6.45, 7) is 0.504. The first-order chi connectivity index (χ1) is 6.42. The third kappa shape index (κ3) is 2.16. The number of alkyl halides is 4. The summed E-state index contributed by atoms with van der Waals surface area (Å²) < 4.78 is 50.1. The molecule has 0 aromatic rings. The van der Waals surface area contributed by atoms with Crippen molar-refractivity contribution >= 4 is 11.8 Å². The molecule has 0 aromatic carbocycles. The number of hydrogen-bond donors (Lipinski definition) is 1. The molecule has 6 heteroatoms. The summed E-state index contributed by atoms with van der Waals surface area (Å²) in [6.07, 6.45) is 0.0506. The average Bonchev–Trinajstić information content (AvgIpc) is 2.10. The number of halogens is 4. The molecule has 1 saturated carbocycles. The van der Waals surface area contributed by atoms with E-state index in [1.165, 1.54) is 11.8 Å². The van der Waals surface area contributed by atoms with E-state index >= 15 is 0 Å². The summed E-state index contributed by atoms with van der Waals surface area (Å²) in [5.41, 5.74) is 5.21. The van der Waals surface area contributed by atoms with Crippen LogP contribution in [0, 0.1) is 5.92 Å². The highest BCUT2D eigenvalue weighted by Crippen LogP contribution is 2.56. The zero-order valence-electron chi connectivity index (χ0n) is 7.61. The molecule has 0 amide bonds. The quantitative estimate of drug-likeness (QED) is 0.580. The van der Waals surface area contributed by atoms with Crippen LogP contribution in [0.4, 0.5) is 17.6 Å². The largest absolute Gasteiger partial charge is 0.330 e. The van der Waals surface area contributed by atoms with Crippen molar-refractivity contribution in [2.45, 2.75) is 24.7 Å². The van der Waals surface area contributed by atoms with Gasteiger partial charge in [0.1, 0.15) is 0 Å². The normalized spacial score (nSPS) is 28.5. The average molecular weight is 231 g/mol. The molecule has 1 aliphatic carbocycles. The van der Waals surface area contributed by atoms with Crippen LogP contribution in [0.5, 0.6) is 0 Å². The molecule has 0 bridgehead atoms. The van der Waals surface area contributed by atoms with E-state index in [1.54, 1.807) is 0 Å². The Balaban J connectivity index is 2.23. The summed E-state index contributed by atoms with van der Waals surface area (Å²) in [7, 11) is 0. The Bertz CT molecular complexity index is 198. The lowest BCUT2D eigenvalue weighted by atomic mass is 9.78. The Labute approximate surface area is 84.4 Å². The van der Waals surface area contributed by atoms with Crippen LogP contribution in [0.2, 0.25) is 0 Å². The second kappa shape index (κ2) is 4.26. The van der Waals surface area contributed by atoms with Crippen LogP contribution in [0.15, 0.2) is 0 Å². The number of thioether (sulfide) groups is 1. The summed E-state index contributed by atoms with van der Waals surface area (Å²) in [4.78, 5) is 0. The van der Waals surface area contributed by atoms with Gasteiger partial charge in [-0.3, -0.25) is 0 Å². The number of hydrogen-bond acceptors (Lipinski definition) is 2. The van der Waals surface area contributed by atoms with Crippen molar-refractivity contribution in [1.82, 2.24) is 0 Å². The van der Waals surface area contributed by atoms with Gasteiger partial charge in [-0.05, 0) is 18.7 Å². The zero-order chi connectivity index (χ0) is 10.8. The van der Waals surface area contributed by atoms with Crippen LogP contribution >= 0.6 is 11.8 Å². The van der Waals surface area contributed by atoms with Crippen LogP contribution < -0.4 is 5.73 Å². The van der Waals surface area contributed by atoms with E-state index in [0.29, 0.717) is 12.3 Å². The minimum Gasteiger partial charge on any atom is -0.330 e. The molecule has 1 unspecified atom stereocenters. The smallest absolute Gasteiger partial charge is 0.313 e. The highest BCUT2D eigenvalue weighted by atomic mass is 32.2. The van der Waals surface area contributed by atoms with Gasteiger partial charge in [-0.1, -0.05) is 0 Å². The van der Waals surface area contributed by atoms with Gasteiger partial charge in [-0.15, -0.1) is 0 Å². The monoisotopic (exact) mass is 231 g/mol. The second-order valence-corrected chi connectivity index (χ2v) is 4.60.